The molecule has 0 heterocycles. The number of fused-ring (bicyclic) bond motifs is 2. The van der Waals surface area contributed by atoms with Crippen molar-refractivity contribution in [2.75, 3.05) is 26.8 Å². The molecule has 102 valence electrons. The Labute approximate surface area is 109 Å². The zero-order chi connectivity index (χ0) is 13.1. The number of carbonyl (C=O) groups is 1. The lowest BCUT2D eigenvalue weighted by molar-refractivity contribution is -0.137. The molecule has 4 heteroatoms. The Bertz CT molecular complexity index is 317. The van der Waals surface area contributed by atoms with Crippen molar-refractivity contribution >= 4 is 5.91 Å². The third kappa shape index (κ3) is 2.45. The van der Waals surface area contributed by atoms with E-state index in [1.54, 1.807) is 13.2 Å². The number of methoxy groups -OCH3 is 1. The Morgan fingerprint density at radius 1 is 1.50 bits per heavy atom. The summed E-state index contributed by atoms with van der Waals surface area (Å²) < 4.78 is 5.06. The van der Waals surface area contributed by atoms with E-state index in [1.807, 2.05) is 4.90 Å². The number of rotatable bonds is 6. The second kappa shape index (κ2) is 5.85. The molecule has 1 amide bonds. The number of amides is 1. The summed E-state index contributed by atoms with van der Waals surface area (Å²) in [4.78, 5) is 14.4. The summed E-state index contributed by atoms with van der Waals surface area (Å²) >= 11 is 0. The van der Waals surface area contributed by atoms with Crippen molar-refractivity contribution in [2.45, 2.75) is 25.3 Å². The van der Waals surface area contributed by atoms with Crippen molar-refractivity contribution in [1.82, 2.24) is 4.90 Å². The first-order valence-corrected chi connectivity index (χ1v) is 6.83. The van der Waals surface area contributed by atoms with E-state index in [-0.39, 0.29) is 17.9 Å². The van der Waals surface area contributed by atoms with Crippen molar-refractivity contribution in [2.24, 2.45) is 23.5 Å². The van der Waals surface area contributed by atoms with Crippen LogP contribution in [0.5, 0.6) is 0 Å². The van der Waals surface area contributed by atoms with Gasteiger partial charge in [-0.05, 0) is 31.1 Å². The monoisotopic (exact) mass is 252 g/mol. The average molecular weight is 252 g/mol. The second-order valence-electron chi connectivity index (χ2n) is 5.50. The molecule has 2 N–H and O–H groups in total. The fourth-order valence-electron chi connectivity index (χ4n) is 3.56. The minimum absolute atomic E-state index is 0.0283. The predicted molar refractivity (Wildman–Crippen MR) is 70.9 cm³/mol. The van der Waals surface area contributed by atoms with Gasteiger partial charge in [-0.2, -0.15) is 0 Å². The summed E-state index contributed by atoms with van der Waals surface area (Å²) in [5.74, 6) is 1.30. The summed E-state index contributed by atoms with van der Waals surface area (Å²) in [7, 11) is 1.65. The van der Waals surface area contributed by atoms with Crippen molar-refractivity contribution in [3.63, 3.8) is 0 Å². The molecule has 0 spiro atoms. The minimum atomic E-state index is 0.0283. The quantitative estimate of drug-likeness (QED) is 0.718. The lowest BCUT2D eigenvalue weighted by Crippen LogP contribution is -2.48. The van der Waals surface area contributed by atoms with E-state index < -0.39 is 0 Å². The van der Waals surface area contributed by atoms with Gasteiger partial charge in [0.1, 0.15) is 0 Å². The molecule has 0 aromatic heterocycles. The summed E-state index contributed by atoms with van der Waals surface area (Å²) in [6.07, 6.45) is 5.28. The molecule has 4 nitrogen and oxygen atoms in total. The van der Waals surface area contributed by atoms with Crippen LogP contribution in [-0.4, -0.2) is 43.7 Å². The number of hydrogen-bond donors (Lipinski definition) is 1. The van der Waals surface area contributed by atoms with Gasteiger partial charge in [-0.15, -0.1) is 6.58 Å². The molecule has 2 rings (SSSR count). The number of nitrogens with zero attached hydrogens (tertiary/aromatic N) is 1. The summed E-state index contributed by atoms with van der Waals surface area (Å²) in [5.41, 5.74) is 6.22. The van der Waals surface area contributed by atoms with Crippen LogP contribution in [0.15, 0.2) is 12.7 Å². The van der Waals surface area contributed by atoms with Crippen LogP contribution in [0.1, 0.15) is 19.3 Å². The van der Waals surface area contributed by atoms with E-state index in [9.17, 15) is 4.79 Å². The third-order valence-corrected chi connectivity index (χ3v) is 4.49. The van der Waals surface area contributed by atoms with Crippen LogP contribution in [0.3, 0.4) is 0 Å². The molecule has 4 atom stereocenters. The van der Waals surface area contributed by atoms with Gasteiger partial charge < -0.3 is 15.4 Å². The topological polar surface area (TPSA) is 55.6 Å². The van der Waals surface area contributed by atoms with Crippen molar-refractivity contribution < 1.29 is 9.53 Å². The highest BCUT2D eigenvalue weighted by Gasteiger charge is 2.49. The van der Waals surface area contributed by atoms with Crippen LogP contribution < -0.4 is 5.73 Å². The molecule has 0 radical (unpaired) electrons. The highest BCUT2D eigenvalue weighted by atomic mass is 16.5. The molecule has 0 aromatic rings. The van der Waals surface area contributed by atoms with Gasteiger partial charge in [-0.3, -0.25) is 4.79 Å². The van der Waals surface area contributed by atoms with E-state index in [2.05, 4.69) is 6.58 Å². The number of hydrogen-bond acceptors (Lipinski definition) is 3. The maximum Gasteiger partial charge on any atom is 0.227 e. The van der Waals surface area contributed by atoms with Crippen molar-refractivity contribution in [3.05, 3.63) is 12.7 Å². The first-order chi connectivity index (χ1) is 8.69. The Morgan fingerprint density at radius 2 is 2.22 bits per heavy atom. The molecular formula is C14H24N2O2. The molecule has 2 aliphatic rings. The molecular weight excluding hydrogens is 228 g/mol. The smallest absolute Gasteiger partial charge is 0.227 e. The number of ether oxygens (including phenoxy) is 1. The molecule has 0 saturated heterocycles. The molecule has 0 aliphatic heterocycles. The van der Waals surface area contributed by atoms with E-state index in [4.69, 9.17) is 10.5 Å². The Hall–Kier alpha value is -0.870. The fraction of sp³-hybridized carbons (Fsp3) is 0.786. The SMILES string of the molecule is C=CCN(CCOC)C(=O)C1C2CCC(C2)C1N. The lowest BCUT2D eigenvalue weighted by Gasteiger charge is -2.32. The van der Waals surface area contributed by atoms with Crippen LogP contribution in [0.25, 0.3) is 0 Å². The highest BCUT2D eigenvalue weighted by Crippen LogP contribution is 2.48. The zero-order valence-corrected chi connectivity index (χ0v) is 11.2. The maximum absolute atomic E-state index is 12.6. The van der Waals surface area contributed by atoms with Crippen LogP contribution in [0.2, 0.25) is 0 Å². The number of nitrogens with two attached hydrogens (primary N) is 1. The Kier molecular flexibility index (Phi) is 4.40. The van der Waals surface area contributed by atoms with Crippen LogP contribution in [0, 0.1) is 17.8 Å². The molecule has 0 aromatic carbocycles. The largest absolute Gasteiger partial charge is 0.383 e. The van der Waals surface area contributed by atoms with Gasteiger partial charge in [-0.1, -0.05) is 6.08 Å². The first-order valence-electron chi connectivity index (χ1n) is 6.83. The van der Waals surface area contributed by atoms with Gasteiger partial charge in [0.05, 0.1) is 12.5 Å². The van der Waals surface area contributed by atoms with Gasteiger partial charge in [0.2, 0.25) is 5.91 Å². The van der Waals surface area contributed by atoms with Crippen LogP contribution >= 0.6 is 0 Å². The average Bonchev–Trinajstić information content (AvgIpc) is 2.94. The highest BCUT2D eigenvalue weighted by molar-refractivity contribution is 5.80. The van der Waals surface area contributed by atoms with Gasteiger partial charge >= 0.3 is 0 Å². The standard InChI is InChI=1S/C14H24N2O2/c1-3-6-16(7-8-18-2)14(17)12-10-4-5-11(9-10)13(12)15/h3,10-13H,1,4-9,15H2,2H3. The lowest BCUT2D eigenvalue weighted by atomic mass is 9.84. The fourth-order valence-corrected chi connectivity index (χ4v) is 3.56. The third-order valence-electron chi connectivity index (χ3n) is 4.49. The van der Waals surface area contributed by atoms with E-state index in [0.717, 1.165) is 6.42 Å². The van der Waals surface area contributed by atoms with E-state index >= 15 is 0 Å². The normalized spacial score (nSPS) is 33.7. The summed E-state index contributed by atoms with van der Waals surface area (Å²) in [6, 6.07) is 0.0612. The molecule has 2 bridgehead atoms. The molecule has 2 saturated carbocycles. The second-order valence-corrected chi connectivity index (χ2v) is 5.50. The molecule has 2 aliphatic carbocycles. The predicted octanol–water partition coefficient (Wildman–Crippen LogP) is 1.02. The van der Waals surface area contributed by atoms with Crippen molar-refractivity contribution in [1.29, 1.82) is 0 Å². The molecule has 2 fully saturated rings. The van der Waals surface area contributed by atoms with Crippen LogP contribution in [0.4, 0.5) is 0 Å². The van der Waals surface area contributed by atoms with Crippen molar-refractivity contribution in [3.8, 4) is 0 Å². The van der Waals surface area contributed by atoms with Gasteiger partial charge in [-0.25, -0.2) is 0 Å². The van der Waals surface area contributed by atoms with Gasteiger partial charge in [0, 0.05) is 26.2 Å². The van der Waals surface area contributed by atoms with Gasteiger partial charge in [0.15, 0.2) is 0 Å². The molecule has 4 unspecified atom stereocenters. The summed E-state index contributed by atoms with van der Waals surface area (Å²) in [5, 5.41) is 0. The zero-order valence-electron chi connectivity index (χ0n) is 11.2. The van der Waals surface area contributed by atoms with Gasteiger partial charge in [0.25, 0.3) is 0 Å². The molecule has 18 heavy (non-hydrogen) atoms. The summed E-state index contributed by atoms with van der Waals surface area (Å²) in [6.45, 7) is 5.50. The van der Waals surface area contributed by atoms with E-state index in [1.165, 1.54) is 12.8 Å². The van der Waals surface area contributed by atoms with E-state index in [0.29, 0.717) is 31.5 Å². The first kappa shape index (κ1) is 13.6. The van der Waals surface area contributed by atoms with Crippen LogP contribution in [-0.2, 0) is 9.53 Å². The Balaban J connectivity index is 2.01. The number of carbonyl (C=O) groups excluding carboxylic acids is 1. The maximum atomic E-state index is 12.6. The Morgan fingerprint density at radius 3 is 2.78 bits per heavy atom. The minimum Gasteiger partial charge on any atom is -0.383 e.